The average Bonchev–Trinajstić information content (AvgIpc) is 2.36. The van der Waals surface area contributed by atoms with Crippen LogP contribution in [0.25, 0.3) is 0 Å². The molecule has 0 unspecified atom stereocenters. The molecule has 100 valence electrons. The highest BCUT2D eigenvalue weighted by Gasteiger charge is 2.13. The first-order valence-corrected chi connectivity index (χ1v) is 6.74. The summed E-state index contributed by atoms with van der Waals surface area (Å²) >= 11 is 0. The van der Waals surface area contributed by atoms with Gasteiger partial charge >= 0.3 is 0 Å². The SMILES string of the molecule is Cc1cccc(OCc2cccc(C(C)(C)C)c2)c1. The largest absolute Gasteiger partial charge is 0.489 e. The fourth-order valence-electron chi connectivity index (χ4n) is 2.00. The minimum absolute atomic E-state index is 0.180. The maximum absolute atomic E-state index is 5.84. The monoisotopic (exact) mass is 254 g/mol. The van der Waals surface area contributed by atoms with E-state index in [1.54, 1.807) is 0 Å². The van der Waals surface area contributed by atoms with Gasteiger partial charge in [-0.3, -0.25) is 0 Å². The van der Waals surface area contributed by atoms with Gasteiger partial charge in [-0.25, -0.2) is 0 Å². The Labute approximate surface area is 116 Å². The van der Waals surface area contributed by atoms with Gasteiger partial charge in [0.05, 0.1) is 0 Å². The van der Waals surface area contributed by atoms with E-state index in [0.717, 1.165) is 5.75 Å². The molecule has 2 rings (SSSR count). The first kappa shape index (κ1) is 13.7. The zero-order valence-corrected chi connectivity index (χ0v) is 12.2. The van der Waals surface area contributed by atoms with Crippen LogP contribution in [0, 0.1) is 6.92 Å². The molecule has 0 aliphatic rings. The van der Waals surface area contributed by atoms with Gasteiger partial charge in [-0.05, 0) is 41.2 Å². The second kappa shape index (κ2) is 5.48. The molecular formula is C18H22O. The van der Waals surface area contributed by atoms with Crippen LogP contribution in [0.2, 0.25) is 0 Å². The standard InChI is InChI=1S/C18H22O/c1-14-7-5-10-17(11-14)19-13-15-8-6-9-16(12-15)18(2,3)4/h5-12H,13H2,1-4H3. The molecule has 0 saturated carbocycles. The van der Waals surface area contributed by atoms with Crippen LogP contribution in [0.15, 0.2) is 48.5 Å². The Morgan fingerprint density at radius 1 is 0.947 bits per heavy atom. The molecule has 0 N–H and O–H groups in total. The summed E-state index contributed by atoms with van der Waals surface area (Å²) in [5.74, 6) is 0.932. The third-order valence-corrected chi connectivity index (χ3v) is 3.19. The second-order valence-electron chi connectivity index (χ2n) is 6.06. The normalized spacial score (nSPS) is 11.4. The molecule has 19 heavy (non-hydrogen) atoms. The number of ether oxygens (including phenoxy) is 1. The van der Waals surface area contributed by atoms with Crippen LogP contribution in [-0.4, -0.2) is 0 Å². The third-order valence-electron chi connectivity index (χ3n) is 3.19. The van der Waals surface area contributed by atoms with Crippen molar-refractivity contribution in [3.63, 3.8) is 0 Å². The maximum atomic E-state index is 5.84. The van der Waals surface area contributed by atoms with E-state index in [-0.39, 0.29) is 5.41 Å². The molecule has 0 amide bonds. The molecule has 0 spiro atoms. The fourth-order valence-corrected chi connectivity index (χ4v) is 2.00. The second-order valence-corrected chi connectivity index (χ2v) is 6.06. The van der Waals surface area contributed by atoms with Crippen molar-refractivity contribution < 1.29 is 4.74 Å². The van der Waals surface area contributed by atoms with E-state index < -0.39 is 0 Å². The van der Waals surface area contributed by atoms with Crippen molar-refractivity contribution in [3.8, 4) is 5.75 Å². The number of aryl methyl sites for hydroxylation is 1. The van der Waals surface area contributed by atoms with Crippen molar-refractivity contribution in [2.24, 2.45) is 0 Å². The van der Waals surface area contributed by atoms with Gasteiger partial charge in [-0.2, -0.15) is 0 Å². The molecule has 0 radical (unpaired) electrons. The topological polar surface area (TPSA) is 9.23 Å². The molecule has 0 heterocycles. The Morgan fingerprint density at radius 2 is 1.68 bits per heavy atom. The minimum atomic E-state index is 0.180. The first-order valence-electron chi connectivity index (χ1n) is 6.74. The van der Waals surface area contributed by atoms with Crippen molar-refractivity contribution in [2.75, 3.05) is 0 Å². The van der Waals surface area contributed by atoms with Crippen molar-refractivity contribution >= 4 is 0 Å². The lowest BCUT2D eigenvalue weighted by Crippen LogP contribution is -2.11. The van der Waals surface area contributed by atoms with Gasteiger partial charge in [0.15, 0.2) is 0 Å². The highest BCUT2D eigenvalue weighted by molar-refractivity contribution is 5.30. The predicted octanol–water partition coefficient (Wildman–Crippen LogP) is 4.87. The summed E-state index contributed by atoms with van der Waals surface area (Å²) in [6, 6.07) is 16.8. The third kappa shape index (κ3) is 3.85. The molecule has 2 aromatic rings. The molecule has 1 heteroatoms. The van der Waals surface area contributed by atoms with Crippen LogP contribution in [-0.2, 0) is 12.0 Å². The number of hydrogen-bond acceptors (Lipinski definition) is 1. The zero-order chi connectivity index (χ0) is 13.9. The van der Waals surface area contributed by atoms with Crippen LogP contribution < -0.4 is 4.74 Å². The molecule has 0 aliphatic carbocycles. The van der Waals surface area contributed by atoms with E-state index in [0.29, 0.717) is 6.61 Å². The molecule has 0 atom stereocenters. The van der Waals surface area contributed by atoms with Crippen LogP contribution in [0.1, 0.15) is 37.5 Å². The maximum Gasteiger partial charge on any atom is 0.120 e. The Morgan fingerprint density at radius 3 is 2.37 bits per heavy atom. The first-order chi connectivity index (χ1) is 8.95. The molecule has 0 fully saturated rings. The van der Waals surface area contributed by atoms with E-state index >= 15 is 0 Å². The van der Waals surface area contributed by atoms with E-state index in [4.69, 9.17) is 4.74 Å². The van der Waals surface area contributed by atoms with Crippen molar-refractivity contribution in [3.05, 3.63) is 65.2 Å². The predicted molar refractivity (Wildman–Crippen MR) is 80.7 cm³/mol. The summed E-state index contributed by atoms with van der Waals surface area (Å²) in [6.45, 7) is 9.38. The molecule has 2 aromatic carbocycles. The van der Waals surface area contributed by atoms with Gasteiger partial charge in [0.25, 0.3) is 0 Å². The highest BCUT2D eigenvalue weighted by Crippen LogP contribution is 2.23. The molecule has 0 aliphatic heterocycles. The van der Waals surface area contributed by atoms with Gasteiger partial charge in [-0.1, -0.05) is 57.2 Å². The lowest BCUT2D eigenvalue weighted by atomic mass is 9.86. The van der Waals surface area contributed by atoms with Crippen molar-refractivity contribution in [1.82, 2.24) is 0 Å². The van der Waals surface area contributed by atoms with Crippen LogP contribution in [0.5, 0.6) is 5.75 Å². The summed E-state index contributed by atoms with van der Waals surface area (Å²) in [5, 5.41) is 0. The number of rotatable bonds is 3. The molecule has 0 bridgehead atoms. The zero-order valence-electron chi connectivity index (χ0n) is 12.2. The van der Waals surface area contributed by atoms with E-state index in [1.807, 2.05) is 12.1 Å². The summed E-state index contributed by atoms with van der Waals surface area (Å²) in [6.07, 6.45) is 0. The summed E-state index contributed by atoms with van der Waals surface area (Å²) < 4.78 is 5.84. The quantitative estimate of drug-likeness (QED) is 0.759. The summed E-state index contributed by atoms with van der Waals surface area (Å²) in [7, 11) is 0. The Balaban J connectivity index is 2.08. The highest BCUT2D eigenvalue weighted by atomic mass is 16.5. The van der Waals surface area contributed by atoms with Crippen LogP contribution >= 0.6 is 0 Å². The van der Waals surface area contributed by atoms with Gasteiger partial charge in [0.1, 0.15) is 12.4 Å². The molecule has 0 saturated heterocycles. The minimum Gasteiger partial charge on any atom is -0.489 e. The Bertz CT molecular complexity index is 550. The van der Waals surface area contributed by atoms with E-state index in [9.17, 15) is 0 Å². The van der Waals surface area contributed by atoms with Gasteiger partial charge in [0, 0.05) is 0 Å². The molecule has 1 nitrogen and oxygen atoms in total. The van der Waals surface area contributed by atoms with Crippen molar-refractivity contribution in [1.29, 1.82) is 0 Å². The smallest absolute Gasteiger partial charge is 0.120 e. The Hall–Kier alpha value is -1.76. The summed E-state index contributed by atoms with van der Waals surface area (Å²) in [5.41, 5.74) is 3.96. The molecule has 0 aromatic heterocycles. The van der Waals surface area contributed by atoms with Gasteiger partial charge in [0.2, 0.25) is 0 Å². The lowest BCUT2D eigenvalue weighted by Gasteiger charge is -2.19. The number of hydrogen-bond donors (Lipinski definition) is 0. The van der Waals surface area contributed by atoms with Crippen LogP contribution in [0.3, 0.4) is 0 Å². The van der Waals surface area contributed by atoms with E-state index in [1.165, 1.54) is 16.7 Å². The fraction of sp³-hybridized carbons (Fsp3) is 0.333. The lowest BCUT2D eigenvalue weighted by molar-refractivity contribution is 0.305. The number of benzene rings is 2. The van der Waals surface area contributed by atoms with Crippen LogP contribution in [0.4, 0.5) is 0 Å². The van der Waals surface area contributed by atoms with Gasteiger partial charge in [-0.15, -0.1) is 0 Å². The van der Waals surface area contributed by atoms with Gasteiger partial charge < -0.3 is 4.74 Å². The van der Waals surface area contributed by atoms with Crippen molar-refractivity contribution in [2.45, 2.75) is 39.7 Å². The Kier molecular flexibility index (Phi) is 3.94. The summed E-state index contributed by atoms with van der Waals surface area (Å²) in [4.78, 5) is 0. The molecular weight excluding hydrogens is 232 g/mol. The van der Waals surface area contributed by atoms with E-state index in [2.05, 4.69) is 64.1 Å². The average molecular weight is 254 g/mol.